The Morgan fingerprint density at radius 1 is 1.33 bits per heavy atom. The maximum Gasteiger partial charge on any atom is 0.309 e. The van der Waals surface area contributed by atoms with Crippen molar-refractivity contribution in [1.82, 2.24) is 0 Å². The number of carbonyl (C=O) groups excluding carboxylic acids is 2. The summed E-state index contributed by atoms with van der Waals surface area (Å²) in [4.78, 5) is 24.8. The Bertz CT molecular complexity index is 667. The normalized spacial score (nSPS) is 49.8. The fourth-order valence-corrected chi connectivity index (χ4v) is 4.88. The van der Waals surface area contributed by atoms with Crippen molar-refractivity contribution in [2.75, 3.05) is 0 Å². The fraction of sp³-hybridized carbons (Fsp3) is 0.800. The van der Waals surface area contributed by atoms with Crippen LogP contribution in [-0.4, -0.2) is 56.3 Å². The molecule has 0 unspecified atom stereocenters. The van der Waals surface area contributed by atoms with Gasteiger partial charge < -0.3 is 24.8 Å². The van der Waals surface area contributed by atoms with Gasteiger partial charge in [0.05, 0.1) is 29.0 Å². The van der Waals surface area contributed by atoms with E-state index in [0.29, 0.717) is 6.42 Å². The molecule has 0 spiro atoms. The molecule has 0 aromatic carbocycles. The monoisotopic (exact) mass is 382 g/mol. The summed E-state index contributed by atoms with van der Waals surface area (Å²) in [6, 6.07) is 0. The number of fused-ring (bicyclic) bond motifs is 3. The molecule has 152 valence electrons. The lowest BCUT2D eigenvalue weighted by atomic mass is 9.70. The van der Waals surface area contributed by atoms with E-state index in [2.05, 4.69) is 0 Å². The number of aliphatic hydroxyl groups is 3. The van der Waals surface area contributed by atoms with Crippen LogP contribution in [0.3, 0.4) is 0 Å². The smallest absolute Gasteiger partial charge is 0.309 e. The summed E-state index contributed by atoms with van der Waals surface area (Å²) in [5.74, 6) is -3.31. The lowest BCUT2D eigenvalue weighted by Crippen LogP contribution is -2.60. The summed E-state index contributed by atoms with van der Waals surface area (Å²) >= 11 is 0. The molecule has 0 amide bonds. The first kappa shape index (κ1) is 20.3. The number of carbonyl (C=O) groups is 2. The molecule has 0 radical (unpaired) electrons. The molecule has 3 aliphatic rings. The van der Waals surface area contributed by atoms with Crippen molar-refractivity contribution in [3.05, 3.63) is 12.2 Å². The van der Waals surface area contributed by atoms with Gasteiger partial charge in [0.25, 0.3) is 0 Å². The molecule has 3 N–H and O–H groups in total. The quantitative estimate of drug-likeness (QED) is 0.492. The van der Waals surface area contributed by atoms with Crippen molar-refractivity contribution in [1.29, 1.82) is 0 Å². The first-order chi connectivity index (χ1) is 12.4. The summed E-state index contributed by atoms with van der Waals surface area (Å²) in [5, 5.41) is 33.4. The third-order valence-corrected chi connectivity index (χ3v) is 6.86. The van der Waals surface area contributed by atoms with Crippen LogP contribution in [0, 0.1) is 23.7 Å². The van der Waals surface area contributed by atoms with Gasteiger partial charge in [-0.3, -0.25) is 9.59 Å². The van der Waals surface area contributed by atoms with Crippen molar-refractivity contribution in [3.8, 4) is 0 Å². The number of rotatable bonds is 3. The van der Waals surface area contributed by atoms with E-state index in [9.17, 15) is 24.9 Å². The molecular weight excluding hydrogens is 352 g/mol. The van der Waals surface area contributed by atoms with Crippen LogP contribution in [0.1, 0.15) is 47.5 Å². The molecule has 9 atom stereocenters. The molecule has 3 rings (SSSR count). The van der Waals surface area contributed by atoms with Gasteiger partial charge in [-0.2, -0.15) is 0 Å². The number of hydrogen-bond donors (Lipinski definition) is 3. The Balaban J connectivity index is 2.06. The lowest BCUT2D eigenvalue weighted by molar-refractivity contribution is -0.191. The minimum Gasteiger partial charge on any atom is -0.462 e. The van der Waals surface area contributed by atoms with Crippen LogP contribution in [0.4, 0.5) is 0 Å². The second-order valence-electron chi connectivity index (χ2n) is 8.89. The molecule has 7 heteroatoms. The van der Waals surface area contributed by atoms with Gasteiger partial charge in [0.1, 0.15) is 17.8 Å². The Morgan fingerprint density at radius 2 is 1.96 bits per heavy atom. The summed E-state index contributed by atoms with van der Waals surface area (Å²) in [5.41, 5.74) is -4.99. The highest BCUT2D eigenvalue weighted by atomic mass is 16.6. The molecule has 0 aromatic heterocycles. The van der Waals surface area contributed by atoms with Crippen LogP contribution >= 0.6 is 0 Å². The number of hydrogen-bond acceptors (Lipinski definition) is 7. The Labute approximate surface area is 159 Å². The highest BCUT2D eigenvalue weighted by Crippen LogP contribution is 2.55. The molecule has 2 aliphatic carbocycles. The molecular formula is C20H30O7. The highest BCUT2D eigenvalue weighted by Gasteiger charge is 2.69. The summed E-state index contributed by atoms with van der Waals surface area (Å²) < 4.78 is 11.3. The van der Waals surface area contributed by atoms with E-state index in [1.807, 2.05) is 6.92 Å². The van der Waals surface area contributed by atoms with Crippen molar-refractivity contribution in [2.24, 2.45) is 23.7 Å². The first-order valence-electron chi connectivity index (χ1n) is 9.64. The molecule has 2 fully saturated rings. The van der Waals surface area contributed by atoms with Gasteiger partial charge in [0.2, 0.25) is 0 Å². The second kappa shape index (κ2) is 6.29. The third kappa shape index (κ3) is 2.91. The maximum absolute atomic E-state index is 12.4. The standard InChI is InChI=1S/C20H30O7/c1-6-10(2)16(21)26-12-9-19(5,24)20(25)8-7-18(4,23)15(20)14-13(12)11(3)17(22)27-14/h7-8,10-15,23-25H,6,9H2,1-5H3/t10-,11+,12+,13-,14+,15+,18-,19-,20+/m1/s1. The Kier molecular flexibility index (Phi) is 4.73. The van der Waals surface area contributed by atoms with E-state index in [1.165, 1.54) is 26.0 Å². The summed E-state index contributed by atoms with van der Waals surface area (Å²) in [6.45, 7) is 8.29. The van der Waals surface area contributed by atoms with Crippen molar-refractivity contribution in [3.63, 3.8) is 0 Å². The third-order valence-electron chi connectivity index (χ3n) is 6.86. The highest BCUT2D eigenvalue weighted by molar-refractivity contribution is 5.76. The molecule has 0 aromatic rings. The zero-order valence-corrected chi connectivity index (χ0v) is 16.5. The average molecular weight is 382 g/mol. The van der Waals surface area contributed by atoms with Crippen LogP contribution in [0.25, 0.3) is 0 Å². The minimum atomic E-state index is -1.82. The van der Waals surface area contributed by atoms with Crippen LogP contribution in [0.5, 0.6) is 0 Å². The largest absolute Gasteiger partial charge is 0.462 e. The van der Waals surface area contributed by atoms with Gasteiger partial charge in [-0.05, 0) is 20.3 Å². The summed E-state index contributed by atoms with van der Waals surface area (Å²) in [6.07, 6.45) is 1.66. The molecule has 1 aliphatic heterocycles. The lowest BCUT2D eigenvalue weighted by Gasteiger charge is -2.44. The molecule has 1 saturated carbocycles. The fourth-order valence-electron chi connectivity index (χ4n) is 4.88. The number of esters is 2. The predicted molar refractivity (Wildman–Crippen MR) is 95.3 cm³/mol. The second-order valence-corrected chi connectivity index (χ2v) is 8.89. The van der Waals surface area contributed by atoms with Gasteiger partial charge in [0, 0.05) is 12.3 Å². The van der Waals surface area contributed by atoms with Crippen LogP contribution < -0.4 is 0 Å². The van der Waals surface area contributed by atoms with Gasteiger partial charge in [0.15, 0.2) is 0 Å². The molecule has 27 heavy (non-hydrogen) atoms. The van der Waals surface area contributed by atoms with Crippen molar-refractivity contribution >= 4 is 11.9 Å². The van der Waals surface area contributed by atoms with Gasteiger partial charge in [-0.25, -0.2) is 0 Å². The van der Waals surface area contributed by atoms with Crippen LogP contribution in [-0.2, 0) is 19.1 Å². The van der Waals surface area contributed by atoms with Gasteiger partial charge in [-0.15, -0.1) is 0 Å². The summed E-state index contributed by atoms with van der Waals surface area (Å²) in [7, 11) is 0. The van der Waals surface area contributed by atoms with Crippen molar-refractivity contribution in [2.45, 2.75) is 76.5 Å². The zero-order chi connectivity index (χ0) is 20.4. The van der Waals surface area contributed by atoms with E-state index in [4.69, 9.17) is 9.47 Å². The van der Waals surface area contributed by atoms with E-state index in [1.54, 1.807) is 13.8 Å². The Hall–Kier alpha value is -1.44. The van der Waals surface area contributed by atoms with E-state index in [-0.39, 0.29) is 12.3 Å². The zero-order valence-electron chi connectivity index (χ0n) is 16.5. The molecule has 1 heterocycles. The Morgan fingerprint density at radius 3 is 2.56 bits per heavy atom. The van der Waals surface area contributed by atoms with Crippen LogP contribution in [0.2, 0.25) is 0 Å². The van der Waals surface area contributed by atoms with Gasteiger partial charge in [-0.1, -0.05) is 32.9 Å². The average Bonchev–Trinajstić information content (AvgIpc) is 2.96. The SMILES string of the molecule is CC[C@@H](C)C(=O)O[C@H]1C[C@@](C)(O)[C@]2(O)C=C[C@@](C)(O)[C@@H]2[C@H]2OC(=O)[C@@H](C)[C@@H]21. The number of ether oxygens (including phenoxy) is 2. The molecule has 7 nitrogen and oxygen atoms in total. The van der Waals surface area contributed by atoms with Crippen molar-refractivity contribution < 1.29 is 34.4 Å². The molecule has 1 saturated heterocycles. The van der Waals surface area contributed by atoms with Crippen LogP contribution in [0.15, 0.2) is 12.2 Å². The van der Waals surface area contributed by atoms with Gasteiger partial charge >= 0.3 is 11.9 Å². The van der Waals surface area contributed by atoms with E-state index in [0.717, 1.165) is 0 Å². The predicted octanol–water partition coefficient (Wildman–Crippen LogP) is 0.945. The first-order valence-corrected chi connectivity index (χ1v) is 9.64. The van der Waals surface area contributed by atoms with E-state index >= 15 is 0 Å². The maximum atomic E-state index is 12.4. The topological polar surface area (TPSA) is 113 Å². The van der Waals surface area contributed by atoms with E-state index < -0.39 is 58.7 Å². The molecule has 0 bridgehead atoms. The minimum absolute atomic E-state index is 0.0647.